The number of esters is 2. The van der Waals surface area contributed by atoms with E-state index in [-0.39, 0.29) is 23.6 Å². The van der Waals surface area contributed by atoms with Gasteiger partial charge in [0, 0.05) is 28.8 Å². The van der Waals surface area contributed by atoms with E-state index in [1.54, 1.807) is 12.3 Å². The standard InChI is InChI=1S/C30H31NO7/c1-15-18-8-9-20-29-14-36-26(34)22(29)28(2,3)11-10-21(29)37-27(35)30(20,23(15)32)24(18)38-25(33)19-12-16-6-4-5-7-17(16)13-31-19/h4-7,12-13,18,20-22,24,26,34H,1,8-11,14H2,2-3H3/t18-,20-,21-,22+,24+,26+,29+,30-/m0/s1. The smallest absolute Gasteiger partial charge is 0.357 e. The quantitative estimate of drug-likeness (QED) is 0.365. The van der Waals surface area contributed by atoms with Crippen molar-refractivity contribution in [3.63, 3.8) is 0 Å². The predicted octanol–water partition coefficient (Wildman–Crippen LogP) is 3.61. The summed E-state index contributed by atoms with van der Waals surface area (Å²) in [6, 6.07) is 9.20. The third kappa shape index (κ3) is 2.77. The summed E-state index contributed by atoms with van der Waals surface area (Å²) in [6.45, 7) is 8.44. The topological polar surface area (TPSA) is 112 Å². The molecule has 5 aliphatic rings. The van der Waals surface area contributed by atoms with E-state index in [1.165, 1.54) is 0 Å². The largest absolute Gasteiger partial charge is 0.461 e. The van der Waals surface area contributed by atoms with Crippen LogP contribution in [-0.4, -0.2) is 52.9 Å². The molecule has 5 fully saturated rings. The van der Waals surface area contributed by atoms with E-state index in [4.69, 9.17) is 14.2 Å². The Hall–Kier alpha value is -3.10. The number of hydrogen-bond acceptors (Lipinski definition) is 8. The van der Waals surface area contributed by atoms with Crippen LogP contribution in [0.15, 0.2) is 48.7 Å². The maximum absolute atomic E-state index is 14.0. The van der Waals surface area contributed by atoms with Gasteiger partial charge in [-0.2, -0.15) is 0 Å². The molecule has 1 N–H and O–H groups in total. The number of aromatic nitrogens is 1. The molecular formula is C30H31NO7. The van der Waals surface area contributed by atoms with Crippen molar-refractivity contribution in [2.24, 2.45) is 34.0 Å². The highest BCUT2D eigenvalue weighted by atomic mass is 16.6. The molecule has 1 aromatic carbocycles. The maximum Gasteiger partial charge on any atom is 0.357 e. The van der Waals surface area contributed by atoms with E-state index >= 15 is 0 Å². The Kier molecular flexibility index (Phi) is 4.88. The van der Waals surface area contributed by atoms with Crippen molar-refractivity contribution in [1.82, 2.24) is 4.98 Å². The van der Waals surface area contributed by atoms with E-state index in [9.17, 15) is 19.5 Å². The number of Topliss-reactive ketones (excluding diaryl/α,β-unsaturated/α-hetero) is 1. The van der Waals surface area contributed by atoms with Gasteiger partial charge in [-0.15, -0.1) is 0 Å². The molecule has 3 heterocycles. The summed E-state index contributed by atoms with van der Waals surface area (Å²) in [5.41, 5.74) is -2.35. The summed E-state index contributed by atoms with van der Waals surface area (Å²) in [5.74, 6) is -3.06. The van der Waals surface area contributed by atoms with Gasteiger partial charge >= 0.3 is 11.9 Å². The average molecular weight is 518 g/mol. The molecule has 8 atom stereocenters. The van der Waals surface area contributed by atoms with E-state index in [1.807, 2.05) is 24.3 Å². The van der Waals surface area contributed by atoms with Gasteiger partial charge in [-0.25, -0.2) is 9.78 Å². The van der Waals surface area contributed by atoms with E-state index < -0.39 is 58.9 Å². The number of pyridine rings is 1. The van der Waals surface area contributed by atoms with Crippen LogP contribution in [0.5, 0.6) is 0 Å². The molecule has 2 bridgehead atoms. The Morgan fingerprint density at radius 2 is 1.92 bits per heavy atom. The Morgan fingerprint density at radius 1 is 1.16 bits per heavy atom. The first-order valence-electron chi connectivity index (χ1n) is 13.4. The lowest BCUT2D eigenvalue weighted by Gasteiger charge is -2.62. The van der Waals surface area contributed by atoms with Crippen molar-refractivity contribution in [2.45, 2.75) is 58.0 Å². The van der Waals surface area contributed by atoms with Crippen LogP contribution in [0.4, 0.5) is 0 Å². The van der Waals surface area contributed by atoms with Gasteiger partial charge in [-0.05, 0) is 54.0 Å². The van der Waals surface area contributed by atoms with Crippen molar-refractivity contribution in [3.05, 3.63) is 54.4 Å². The van der Waals surface area contributed by atoms with Gasteiger partial charge < -0.3 is 19.3 Å². The molecule has 2 aliphatic heterocycles. The minimum absolute atomic E-state index is 0.108. The molecule has 0 amide bonds. The molecule has 3 saturated carbocycles. The molecule has 8 heteroatoms. The number of rotatable bonds is 2. The molecule has 3 aliphatic carbocycles. The molecule has 2 aromatic rings. The summed E-state index contributed by atoms with van der Waals surface area (Å²) in [7, 11) is 0. The lowest BCUT2D eigenvalue weighted by atomic mass is 9.43. The molecular weight excluding hydrogens is 486 g/mol. The van der Waals surface area contributed by atoms with Crippen molar-refractivity contribution < 1.29 is 33.7 Å². The number of carbonyl (C=O) groups excluding carboxylic acids is 3. The normalized spacial score (nSPS) is 40.8. The number of nitrogens with zero attached hydrogens (tertiary/aromatic N) is 1. The van der Waals surface area contributed by atoms with Gasteiger partial charge in [0.25, 0.3) is 0 Å². The fraction of sp³-hybridized carbons (Fsp3) is 0.533. The molecule has 1 aromatic heterocycles. The monoisotopic (exact) mass is 517 g/mol. The second-order valence-electron chi connectivity index (χ2n) is 12.4. The third-order valence-electron chi connectivity index (χ3n) is 10.4. The van der Waals surface area contributed by atoms with Crippen molar-refractivity contribution >= 4 is 28.5 Å². The highest BCUT2D eigenvalue weighted by Gasteiger charge is 2.81. The van der Waals surface area contributed by atoms with Gasteiger partial charge in [0.1, 0.15) is 17.9 Å². The lowest BCUT2D eigenvalue weighted by molar-refractivity contribution is -0.249. The van der Waals surface area contributed by atoms with Gasteiger partial charge in [0.05, 0.1) is 6.61 Å². The Labute approximate surface area is 220 Å². The predicted molar refractivity (Wildman–Crippen MR) is 135 cm³/mol. The van der Waals surface area contributed by atoms with Crippen LogP contribution < -0.4 is 0 Å². The molecule has 0 unspecified atom stereocenters. The molecule has 38 heavy (non-hydrogen) atoms. The second kappa shape index (κ2) is 7.73. The second-order valence-corrected chi connectivity index (χ2v) is 12.4. The maximum atomic E-state index is 14.0. The number of benzene rings is 1. The Balaban J connectivity index is 1.33. The van der Waals surface area contributed by atoms with E-state index in [0.29, 0.717) is 24.8 Å². The van der Waals surface area contributed by atoms with E-state index in [0.717, 1.165) is 17.2 Å². The van der Waals surface area contributed by atoms with Crippen molar-refractivity contribution in [3.8, 4) is 0 Å². The molecule has 198 valence electrons. The average Bonchev–Trinajstić information content (AvgIpc) is 3.31. The Morgan fingerprint density at radius 3 is 2.71 bits per heavy atom. The first-order valence-corrected chi connectivity index (χ1v) is 13.4. The van der Waals surface area contributed by atoms with Gasteiger partial charge in [-0.3, -0.25) is 9.59 Å². The summed E-state index contributed by atoms with van der Waals surface area (Å²) in [4.78, 5) is 45.8. The zero-order chi connectivity index (χ0) is 26.6. The number of hydrogen-bond donors (Lipinski definition) is 1. The first kappa shape index (κ1) is 24.0. The number of ketones is 1. The zero-order valence-electron chi connectivity index (χ0n) is 21.5. The molecule has 2 saturated heterocycles. The Bertz CT molecular complexity index is 1420. The summed E-state index contributed by atoms with van der Waals surface area (Å²) < 4.78 is 18.1. The van der Waals surface area contributed by atoms with Crippen LogP contribution in [0.1, 0.15) is 50.0 Å². The number of aliphatic hydroxyl groups excluding tert-OH is 1. The summed E-state index contributed by atoms with van der Waals surface area (Å²) in [6.07, 6.45) is 1.55. The van der Waals surface area contributed by atoms with Crippen LogP contribution in [0, 0.1) is 34.0 Å². The fourth-order valence-electron chi connectivity index (χ4n) is 8.86. The summed E-state index contributed by atoms with van der Waals surface area (Å²) >= 11 is 0. The van der Waals surface area contributed by atoms with E-state index in [2.05, 4.69) is 25.4 Å². The number of carbonyl (C=O) groups is 3. The van der Waals surface area contributed by atoms with Crippen LogP contribution >= 0.6 is 0 Å². The minimum atomic E-state index is -1.71. The highest BCUT2D eigenvalue weighted by Crippen LogP contribution is 2.71. The lowest BCUT2D eigenvalue weighted by Crippen LogP contribution is -2.71. The van der Waals surface area contributed by atoms with Crippen LogP contribution in [0.25, 0.3) is 10.8 Å². The molecule has 8 nitrogen and oxygen atoms in total. The number of aliphatic hydroxyl groups is 1. The third-order valence-corrected chi connectivity index (χ3v) is 10.4. The van der Waals surface area contributed by atoms with Gasteiger partial charge in [0.15, 0.2) is 17.5 Å². The molecule has 7 rings (SSSR count). The van der Waals surface area contributed by atoms with Crippen LogP contribution in [-0.2, 0) is 23.8 Å². The zero-order valence-corrected chi connectivity index (χ0v) is 21.5. The van der Waals surface area contributed by atoms with Crippen molar-refractivity contribution in [2.75, 3.05) is 6.61 Å². The SMILES string of the molecule is C=C1C(=O)[C@@]23C(=O)O[C@H]4CCC(C)(C)[C@H]5[C@H](O)OC[C@@]45[C@@H]2CC[C@@H]1[C@H]3OC(=O)c1cc2ccccc2cn1. The fourth-order valence-corrected chi connectivity index (χ4v) is 8.86. The minimum Gasteiger partial charge on any atom is -0.461 e. The molecule has 2 spiro atoms. The molecule has 0 radical (unpaired) electrons. The number of ether oxygens (including phenoxy) is 3. The highest BCUT2D eigenvalue weighted by molar-refractivity contribution is 6.16. The van der Waals surface area contributed by atoms with Gasteiger partial charge in [-0.1, -0.05) is 44.7 Å². The van der Waals surface area contributed by atoms with Crippen LogP contribution in [0.3, 0.4) is 0 Å². The van der Waals surface area contributed by atoms with Crippen molar-refractivity contribution in [1.29, 1.82) is 0 Å². The van der Waals surface area contributed by atoms with Gasteiger partial charge in [0.2, 0.25) is 0 Å². The summed E-state index contributed by atoms with van der Waals surface area (Å²) in [5, 5.41) is 12.7. The first-order chi connectivity index (χ1) is 18.1. The number of fused-ring (bicyclic) bond motifs is 2. The van der Waals surface area contributed by atoms with Crippen LogP contribution in [0.2, 0.25) is 0 Å².